The Balaban J connectivity index is 2.18. The van der Waals surface area contributed by atoms with Crippen molar-refractivity contribution in [3.8, 4) is 11.6 Å². The topological polar surface area (TPSA) is 50.8 Å². The van der Waals surface area contributed by atoms with E-state index in [9.17, 15) is 4.39 Å². The van der Waals surface area contributed by atoms with Crippen LogP contribution >= 0.6 is 0 Å². The van der Waals surface area contributed by atoms with Gasteiger partial charge in [0.25, 0.3) is 0 Å². The fourth-order valence-corrected chi connectivity index (χ4v) is 1.01. The second kappa shape index (κ2) is 3.45. The van der Waals surface area contributed by atoms with Crippen molar-refractivity contribution in [1.82, 2.24) is 15.2 Å². The molecule has 0 fully saturated rings. The minimum absolute atomic E-state index is 0.379. The van der Waals surface area contributed by atoms with Crippen LogP contribution in [0.4, 0.5) is 4.39 Å². The summed E-state index contributed by atoms with van der Waals surface area (Å²) in [7, 11) is 0. The summed E-state index contributed by atoms with van der Waals surface area (Å²) in [6.07, 6.45) is 1.34. The zero-order valence-electron chi connectivity index (χ0n) is 7.49. The monoisotopic (exact) mass is 193 g/mol. The molecule has 0 bridgehead atoms. The molecule has 0 saturated carbocycles. The SMILES string of the molecule is Cc1cc(Oc2ccnc(F)c2)n[nH]1. The third kappa shape index (κ3) is 1.87. The van der Waals surface area contributed by atoms with Gasteiger partial charge in [-0.2, -0.15) is 4.39 Å². The van der Waals surface area contributed by atoms with Crippen molar-refractivity contribution >= 4 is 0 Å². The standard InChI is InChI=1S/C9H8FN3O/c1-6-4-9(13-12-6)14-7-2-3-11-8(10)5-7/h2-5H,1H3,(H,12,13). The van der Waals surface area contributed by atoms with E-state index in [1.54, 1.807) is 12.1 Å². The van der Waals surface area contributed by atoms with E-state index >= 15 is 0 Å². The Kier molecular flexibility index (Phi) is 2.14. The number of pyridine rings is 1. The molecule has 72 valence electrons. The van der Waals surface area contributed by atoms with Gasteiger partial charge in [-0.15, -0.1) is 5.10 Å². The molecule has 0 spiro atoms. The summed E-state index contributed by atoms with van der Waals surface area (Å²) in [5.41, 5.74) is 0.884. The summed E-state index contributed by atoms with van der Waals surface area (Å²) in [5.74, 6) is 0.215. The third-order valence-corrected chi connectivity index (χ3v) is 1.60. The number of nitrogens with one attached hydrogen (secondary N) is 1. The number of hydrogen-bond donors (Lipinski definition) is 1. The molecule has 0 aliphatic carbocycles. The smallest absolute Gasteiger partial charge is 0.238 e. The van der Waals surface area contributed by atoms with Gasteiger partial charge in [-0.3, -0.25) is 5.10 Å². The van der Waals surface area contributed by atoms with Crippen molar-refractivity contribution in [1.29, 1.82) is 0 Å². The fraction of sp³-hybridized carbons (Fsp3) is 0.111. The summed E-state index contributed by atoms with van der Waals surface area (Å²) in [6.45, 7) is 1.85. The van der Waals surface area contributed by atoms with Crippen molar-refractivity contribution in [2.24, 2.45) is 0 Å². The number of halogens is 1. The Morgan fingerprint density at radius 2 is 2.29 bits per heavy atom. The van der Waals surface area contributed by atoms with Gasteiger partial charge in [0, 0.05) is 24.0 Å². The number of aromatic amines is 1. The van der Waals surface area contributed by atoms with Crippen LogP contribution in [0.15, 0.2) is 24.4 Å². The first kappa shape index (κ1) is 8.68. The first-order chi connectivity index (χ1) is 6.74. The molecule has 5 heteroatoms. The zero-order chi connectivity index (χ0) is 9.97. The Morgan fingerprint density at radius 3 is 2.93 bits per heavy atom. The fourth-order valence-electron chi connectivity index (χ4n) is 1.01. The summed E-state index contributed by atoms with van der Waals surface area (Å²) in [4.78, 5) is 3.41. The molecule has 0 aliphatic rings. The van der Waals surface area contributed by atoms with Crippen molar-refractivity contribution in [2.75, 3.05) is 0 Å². The van der Waals surface area contributed by atoms with Crippen LogP contribution in [0.2, 0.25) is 0 Å². The Hall–Kier alpha value is -1.91. The van der Waals surface area contributed by atoms with Gasteiger partial charge in [0.2, 0.25) is 11.8 Å². The maximum atomic E-state index is 12.7. The lowest BCUT2D eigenvalue weighted by molar-refractivity contribution is 0.453. The van der Waals surface area contributed by atoms with Gasteiger partial charge in [0.15, 0.2) is 0 Å². The number of rotatable bonds is 2. The summed E-state index contributed by atoms with van der Waals surface area (Å²) in [5, 5.41) is 6.57. The van der Waals surface area contributed by atoms with Crippen LogP contribution in [-0.4, -0.2) is 15.2 Å². The molecule has 0 atom stereocenters. The highest BCUT2D eigenvalue weighted by Gasteiger charge is 2.01. The Bertz CT molecular complexity index is 441. The average molecular weight is 193 g/mol. The largest absolute Gasteiger partial charge is 0.437 e. The molecule has 1 N–H and O–H groups in total. The molecule has 0 aliphatic heterocycles. The first-order valence-corrected chi connectivity index (χ1v) is 4.05. The van der Waals surface area contributed by atoms with Crippen LogP contribution in [0.1, 0.15) is 5.69 Å². The van der Waals surface area contributed by atoms with Gasteiger partial charge in [0.05, 0.1) is 0 Å². The molecule has 4 nitrogen and oxygen atoms in total. The van der Waals surface area contributed by atoms with Gasteiger partial charge in [-0.05, 0) is 13.0 Å². The Morgan fingerprint density at radius 1 is 1.43 bits per heavy atom. The predicted molar refractivity (Wildman–Crippen MR) is 47.6 cm³/mol. The molecule has 2 rings (SSSR count). The number of ether oxygens (including phenoxy) is 1. The predicted octanol–water partition coefficient (Wildman–Crippen LogP) is 2.04. The lowest BCUT2D eigenvalue weighted by Gasteiger charge is -1.99. The number of H-pyrrole nitrogens is 1. The molecule has 0 aromatic carbocycles. The van der Waals surface area contributed by atoms with Crippen LogP contribution < -0.4 is 4.74 Å². The second-order valence-electron chi connectivity index (χ2n) is 2.81. The zero-order valence-corrected chi connectivity index (χ0v) is 7.49. The first-order valence-electron chi connectivity index (χ1n) is 4.05. The van der Waals surface area contributed by atoms with E-state index in [1.807, 2.05) is 6.92 Å². The lowest BCUT2D eigenvalue weighted by atomic mass is 10.4. The van der Waals surface area contributed by atoms with Crippen LogP contribution in [0.25, 0.3) is 0 Å². The van der Waals surface area contributed by atoms with E-state index in [4.69, 9.17) is 4.74 Å². The number of aromatic nitrogens is 3. The number of aryl methyl sites for hydroxylation is 1. The van der Waals surface area contributed by atoms with Crippen molar-refractivity contribution in [3.63, 3.8) is 0 Å². The van der Waals surface area contributed by atoms with Crippen LogP contribution in [0.5, 0.6) is 11.6 Å². The van der Waals surface area contributed by atoms with E-state index in [0.29, 0.717) is 11.6 Å². The molecule has 2 aromatic rings. The molecule has 2 aromatic heterocycles. The molecule has 0 saturated heterocycles. The molecule has 2 heterocycles. The molecule has 0 radical (unpaired) electrons. The van der Waals surface area contributed by atoms with Gasteiger partial charge in [0.1, 0.15) is 5.75 Å². The summed E-state index contributed by atoms with van der Waals surface area (Å²) in [6, 6.07) is 4.48. The van der Waals surface area contributed by atoms with E-state index in [2.05, 4.69) is 15.2 Å². The van der Waals surface area contributed by atoms with Gasteiger partial charge >= 0.3 is 0 Å². The van der Waals surface area contributed by atoms with Crippen LogP contribution in [-0.2, 0) is 0 Å². The van der Waals surface area contributed by atoms with Crippen molar-refractivity contribution in [3.05, 3.63) is 36.0 Å². The van der Waals surface area contributed by atoms with Crippen LogP contribution in [0.3, 0.4) is 0 Å². The van der Waals surface area contributed by atoms with E-state index in [-0.39, 0.29) is 0 Å². The molecular weight excluding hydrogens is 185 g/mol. The molecule has 0 unspecified atom stereocenters. The number of hydrogen-bond acceptors (Lipinski definition) is 3. The van der Waals surface area contributed by atoms with Crippen molar-refractivity contribution < 1.29 is 9.13 Å². The maximum absolute atomic E-state index is 12.7. The number of nitrogens with zero attached hydrogens (tertiary/aromatic N) is 2. The third-order valence-electron chi connectivity index (χ3n) is 1.60. The Labute approximate surface area is 79.7 Å². The molecule has 0 amide bonds. The highest BCUT2D eigenvalue weighted by molar-refractivity contribution is 5.25. The quantitative estimate of drug-likeness (QED) is 0.742. The van der Waals surface area contributed by atoms with Crippen molar-refractivity contribution in [2.45, 2.75) is 6.92 Å². The summed E-state index contributed by atoms with van der Waals surface area (Å²) >= 11 is 0. The highest BCUT2D eigenvalue weighted by Crippen LogP contribution is 2.18. The van der Waals surface area contributed by atoms with Gasteiger partial charge in [-0.1, -0.05) is 0 Å². The van der Waals surface area contributed by atoms with Gasteiger partial charge < -0.3 is 4.74 Å². The minimum atomic E-state index is -0.574. The van der Waals surface area contributed by atoms with Gasteiger partial charge in [-0.25, -0.2) is 4.98 Å². The lowest BCUT2D eigenvalue weighted by Crippen LogP contribution is -1.87. The normalized spacial score (nSPS) is 10.1. The molecule has 14 heavy (non-hydrogen) atoms. The second-order valence-corrected chi connectivity index (χ2v) is 2.81. The van der Waals surface area contributed by atoms with Crippen LogP contribution in [0, 0.1) is 12.9 Å². The minimum Gasteiger partial charge on any atom is -0.437 e. The van der Waals surface area contributed by atoms with E-state index in [0.717, 1.165) is 5.69 Å². The van der Waals surface area contributed by atoms with E-state index in [1.165, 1.54) is 12.3 Å². The van der Waals surface area contributed by atoms with E-state index < -0.39 is 5.95 Å². The molecular formula is C9H8FN3O. The average Bonchev–Trinajstić information content (AvgIpc) is 2.51. The highest BCUT2D eigenvalue weighted by atomic mass is 19.1. The maximum Gasteiger partial charge on any atom is 0.238 e. The summed E-state index contributed by atoms with van der Waals surface area (Å²) < 4.78 is 17.9.